The fraction of sp³-hybridized carbons (Fsp3) is 0.143. The molecule has 1 N–H and O–H groups in total. The van der Waals surface area contributed by atoms with Crippen LogP contribution in [0.15, 0.2) is 43.1 Å². The molecule has 0 fully saturated rings. The smallest absolute Gasteiger partial charge is 0.459 e. The second-order valence-corrected chi connectivity index (χ2v) is 4.76. The van der Waals surface area contributed by atoms with E-state index >= 15 is 0 Å². The number of halogens is 3. The molecular formula is C14H10F3N4O2+. The first-order valence-corrected chi connectivity index (χ1v) is 6.47. The van der Waals surface area contributed by atoms with Gasteiger partial charge in [-0.2, -0.15) is 17.6 Å². The average Bonchev–Trinajstić information content (AvgIpc) is 2.80. The third kappa shape index (κ3) is 2.60. The Morgan fingerprint density at radius 1 is 1.26 bits per heavy atom. The molecule has 9 heteroatoms. The first kappa shape index (κ1) is 14.9. The summed E-state index contributed by atoms with van der Waals surface area (Å²) in [7, 11) is 0. The first-order chi connectivity index (χ1) is 10.9. The number of rotatable bonds is 3. The van der Waals surface area contributed by atoms with Crippen LogP contribution in [0, 0.1) is 0 Å². The van der Waals surface area contributed by atoms with Crippen molar-refractivity contribution in [3.8, 4) is 5.88 Å². The number of hydrogen-bond acceptors (Lipinski definition) is 4. The van der Waals surface area contributed by atoms with Gasteiger partial charge in [0, 0.05) is 24.0 Å². The zero-order valence-corrected chi connectivity index (χ0v) is 11.5. The topological polar surface area (TPSA) is 72.1 Å². The third-order valence-electron chi connectivity index (χ3n) is 3.25. The number of alkyl halides is 3. The van der Waals surface area contributed by atoms with Crippen LogP contribution in [0.3, 0.4) is 0 Å². The summed E-state index contributed by atoms with van der Waals surface area (Å²) in [6.45, 7) is -0.0912. The molecule has 0 unspecified atom stereocenters. The molecule has 0 aliphatic heterocycles. The summed E-state index contributed by atoms with van der Waals surface area (Å²) in [5, 5.41) is 10.1. The van der Waals surface area contributed by atoms with Gasteiger partial charge in [0.05, 0.1) is 6.20 Å². The minimum atomic E-state index is -5.10. The van der Waals surface area contributed by atoms with E-state index in [-0.39, 0.29) is 12.2 Å². The van der Waals surface area contributed by atoms with Gasteiger partial charge in [0.2, 0.25) is 0 Å². The minimum absolute atomic E-state index is 0.0912. The van der Waals surface area contributed by atoms with Crippen molar-refractivity contribution < 1.29 is 27.5 Å². The normalized spacial score (nSPS) is 11.8. The Kier molecular flexibility index (Phi) is 3.47. The molecular weight excluding hydrogens is 313 g/mol. The number of ketones is 1. The first-order valence-electron chi connectivity index (χ1n) is 6.47. The van der Waals surface area contributed by atoms with E-state index in [1.807, 2.05) is 0 Å². The van der Waals surface area contributed by atoms with E-state index in [1.165, 1.54) is 37.1 Å². The zero-order valence-electron chi connectivity index (χ0n) is 11.5. The van der Waals surface area contributed by atoms with Crippen LogP contribution in [0.2, 0.25) is 0 Å². The summed E-state index contributed by atoms with van der Waals surface area (Å²) in [6, 6.07) is 4.62. The molecule has 0 radical (unpaired) electrons. The lowest BCUT2D eigenvalue weighted by molar-refractivity contribution is -0.521. The van der Waals surface area contributed by atoms with Gasteiger partial charge in [0.25, 0.3) is 11.3 Å². The number of aromatic nitrogens is 4. The Morgan fingerprint density at radius 2 is 1.96 bits per heavy atom. The SMILES string of the molecule is O=C(c1c(O)[n+]2ccccc2n1Cc1cncnc1)C(F)(F)F. The van der Waals surface area contributed by atoms with Crippen LogP contribution in [-0.4, -0.2) is 31.6 Å². The van der Waals surface area contributed by atoms with Crippen molar-refractivity contribution in [2.75, 3.05) is 0 Å². The van der Waals surface area contributed by atoms with Gasteiger partial charge in [-0.05, 0) is 6.07 Å². The summed E-state index contributed by atoms with van der Waals surface area (Å²) in [5.74, 6) is -2.88. The molecule has 0 saturated heterocycles. The number of imidazole rings is 1. The number of Topliss-reactive ketones (excluding diaryl/α,β-unsaturated/α-hetero) is 1. The van der Waals surface area contributed by atoms with Crippen LogP contribution in [-0.2, 0) is 6.54 Å². The van der Waals surface area contributed by atoms with Crippen molar-refractivity contribution in [1.82, 2.24) is 14.5 Å². The van der Waals surface area contributed by atoms with E-state index in [1.54, 1.807) is 6.07 Å². The summed E-state index contributed by atoms with van der Waals surface area (Å²) >= 11 is 0. The molecule has 0 atom stereocenters. The van der Waals surface area contributed by atoms with Gasteiger partial charge < -0.3 is 5.11 Å². The lowest BCUT2D eigenvalue weighted by atomic mass is 10.2. The molecule has 23 heavy (non-hydrogen) atoms. The Morgan fingerprint density at radius 3 is 2.61 bits per heavy atom. The molecule has 0 spiro atoms. The molecule has 0 bridgehead atoms. The number of fused-ring (bicyclic) bond motifs is 1. The Hall–Kier alpha value is -2.97. The molecule has 0 saturated carbocycles. The van der Waals surface area contributed by atoms with Gasteiger partial charge in [0.1, 0.15) is 12.9 Å². The van der Waals surface area contributed by atoms with Gasteiger partial charge in [-0.15, -0.1) is 0 Å². The van der Waals surface area contributed by atoms with Crippen LogP contribution < -0.4 is 4.40 Å². The van der Waals surface area contributed by atoms with Crippen molar-refractivity contribution in [3.05, 3.63) is 54.4 Å². The Bertz CT molecular complexity index is 875. The van der Waals surface area contributed by atoms with Gasteiger partial charge in [0.15, 0.2) is 0 Å². The fourth-order valence-corrected chi connectivity index (χ4v) is 2.30. The molecule has 3 heterocycles. The molecule has 0 aromatic carbocycles. The van der Waals surface area contributed by atoms with Crippen LogP contribution in [0.4, 0.5) is 13.2 Å². The predicted octanol–water partition coefficient (Wildman–Crippen LogP) is 1.52. The summed E-state index contributed by atoms with van der Waals surface area (Å²) < 4.78 is 40.8. The second kappa shape index (κ2) is 5.34. The molecule has 0 aliphatic carbocycles. The van der Waals surface area contributed by atoms with Crippen molar-refractivity contribution in [1.29, 1.82) is 0 Å². The summed E-state index contributed by atoms with van der Waals surface area (Å²) in [4.78, 5) is 19.3. The number of nitrogens with zero attached hydrogens (tertiary/aromatic N) is 4. The number of carbonyl (C=O) groups excluding carboxylic acids is 1. The quantitative estimate of drug-likeness (QED) is 0.586. The molecule has 3 rings (SSSR count). The largest absolute Gasteiger partial charge is 0.474 e. The maximum Gasteiger partial charge on any atom is 0.459 e. The molecule has 3 aromatic rings. The van der Waals surface area contributed by atoms with Crippen LogP contribution >= 0.6 is 0 Å². The predicted molar refractivity (Wildman–Crippen MR) is 70.8 cm³/mol. The standard InChI is InChI=1S/C14H9F3N4O2/c15-14(16,17)12(22)11-13(23)20-4-2-1-3-10(20)21(11)7-9-5-18-8-19-6-9/h1-6,8H,7H2/p+1. The monoisotopic (exact) mass is 323 g/mol. The summed E-state index contributed by atoms with van der Waals surface area (Å²) in [5.41, 5.74) is -0.0981. The van der Waals surface area contributed by atoms with Gasteiger partial charge in [-0.3, -0.25) is 4.79 Å². The molecule has 0 amide bonds. The number of hydrogen-bond donors (Lipinski definition) is 1. The second-order valence-electron chi connectivity index (χ2n) is 4.76. The van der Waals surface area contributed by atoms with Crippen molar-refractivity contribution in [2.24, 2.45) is 0 Å². The van der Waals surface area contributed by atoms with Gasteiger partial charge in [-0.1, -0.05) is 6.07 Å². The summed E-state index contributed by atoms with van der Waals surface area (Å²) in [6.07, 6.45) is 0.398. The molecule has 3 aromatic heterocycles. The van der Waals surface area contributed by atoms with Gasteiger partial charge >= 0.3 is 17.8 Å². The Balaban J connectivity index is 2.23. The number of aromatic hydroxyl groups is 1. The number of pyridine rings is 1. The van der Waals surface area contributed by atoms with E-state index in [0.29, 0.717) is 5.56 Å². The number of carbonyl (C=O) groups is 1. The maximum absolute atomic E-state index is 12.9. The Labute approximate surface area is 127 Å². The highest BCUT2D eigenvalue weighted by Crippen LogP contribution is 2.27. The maximum atomic E-state index is 12.9. The molecule has 6 nitrogen and oxygen atoms in total. The van der Waals surface area contributed by atoms with Crippen LogP contribution in [0.5, 0.6) is 5.88 Å². The van der Waals surface area contributed by atoms with Gasteiger partial charge in [-0.25, -0.2) is 14.5 Å². The van der Waals surface area contributed by atoms with Crippen molar-refractivity contribution in [3.63, 3.8) is 0 Å². The highest BCUT2D eigenvalue weighted by molar-refractivity contribution is 6.00. The van der Waals surface area contributed by atoms with E-state index in [4.69, 9.17) is 0 Å². The lowest BCUT2D eigenvalue weighted by Gasteiger charge is -2.04. The third-order valence-corrected chi connectivity index (χ3v) is 3.25. The highest BCUT2D eigenvalue weighted by atomic mass is 19.4. The van der Waals surface area contributed by atoms with Crippen LogP contribution in [0.1, 0.15) is 16.1 Å². The van der Waals surface area contributed by atoms with E-state index in [0.717, 1.165) is 8.97 Å². The average molecular weight is 323 g/mol. The van der Waals surface area contributed by atoms with E-state index in [9.17, 15) is 23.1 Å². The molecule has 118 valence electrons. The van der Waals surface area contributed by atoms with Crippen LogP contribution in [0.25, 0.3) is 5.65 Å². The van der Waals surface area contributed by atoms with Crippen molar-refractivity contribution >= 4 is 11.4 Å². The minimum Gasteiger partial charge on any atom is -0.474 e. The fourth-order valence-electron chi connectivity index (χ4n) is 2.30. The molecule has 0 aliphatic rings. The van der Waals surface area contributed by atoms with E-state index < -0.39 is 23.5 Å². The van der Waals surface area contributed by atoms with Crippen molar-refractivity contribution in [2.45, 2.75) is 12.7 Å². The lowest BCUT2D eigenvalue weighted by Crippen LogP contribution is -2.26. The zero-order chi connectivity index (χ0) is 16.6. The highest BCUT2D eigenvalue weighted by Gasteiger charge is 2.47. The van der Waals surface area contributed by atoms with E-state index in [2.05, 4.69) is 9.97 Å².